The number of hydrogen-bond donors (Lipinski definition) is 3. The Labute approximate surface area is 160 Å². The van der Waals surface area contributed by atoms with Gasteiger partial charge in [-0.05, 0) is 25.1 Å². The van der Waals surface area contributed by atoms with Crippen molar-refractivity contribution in [2.24, 2.45) is 0 Å². The highest BCUT2D eigenvalue weighted by atomic mass is 35.5. The molecule has 0 fully saturated rings. The van der Waals surface area contributed by atoms with E-state index in [2.05, 4.69) is 37.1 Å². The fourth-order valence-electron chi connectivity index (χ4n) is 2.77. The average molecular weight is 378 g/mol. The normalized spacial score (nSPS) is 11.9. The molecular weight excluding hydrogens is 362 g/mol. The second-order valence-electron chi connectivity index (χ2n) is 6.21. The summed E-state index contributed by atoms with van der Waals surface area (Å²) in [5.74, 6) is 6.12. The zero-order valence-corrected chi connectivity index (χ0v) is 15.3. The van der Waals surface area contributed by atoms with Crippen LogP contribution in [-0.2, 0) is 0 Å². The molecular formula is C20H16ClN5O. The Morgan fingerprint density at radius 1 is 1.33 bits per heavy atom. The summed E-state index contributed by atoms with van der Waals surface area (Å²) < 4.78 is 0. The Kier molecular flexibility index (Phi) is 4.53. The molecule has 3 aromatic heterocycles. The molecule has 0 aliphatic rings. The number of para-hydroxylation sites is 2. The average Bonchev–Trinajstić information content (AvgIpc) is 3.30. The van der Waals surface area contributed by atoms with Gasteiger partial charge >= 0.3 is 0 Å². The lowest BCUT2D eigenvalue weighted by Crippen LogP contribution is -2.32. The molecule has 0 aliphatic heterocycles. The monoisotopic (exact) mass is 377 g/mol. The van der Waals surface area contributed by atoms with E-state index in [1.807, 2.05) is 37.3 Å². The molecule has 134 valence electrons. The highest BCUT2D eigenvalue weighted by molar-refractivity contribution is 6.36. The third-order valence-electron chi connectivity index (χ3n) is 4.13. The summed E-state index contributed by atoms with van der Waals surface area (Å²) in [4.78, 5) is 26.9. The highest BCUT2D eigenvalue weighted by Crippen LogP contribution is 2.24. The van der Waals surface area contributed by atoms with E-state index >= 15 is 0 Å². The number of aromatic nitrogens is 4. The van der Waals surface area contributed by atoms with Gasteiger partial charge < -0.3 is 15.3 Å². The minimum atomic E-state index is -0.256. The molecule has 0 saturated carbocycles. The molecule has 7 heteroatoms. The number of aromatic amines is 2. The molecule has 0 saturated heterocycles. The van der Waals surface area contributed by atoms with Crippen LogP contribution in [0.1, 0.15) is 29.5 Å². The molecule has 3 N–H and O–H groups in total. The van der Waals surface area contributed by atoms with E-state index < -0.39 is 0 Å². The maximum atomic E-state index is 12.3. The number of benzene rings is 1. The van der Waals surface area contributed by atoms with Crippen molar-refractivity contribution in [3.63, 3.8) is 0 Å². The number of pyridine rings is 1. The van der Waals surface area contributed by atoms with Crippen molar-refractivity contribution in [3.05, 3.63) is 59.1 Å². The van der Waals surface area contributed by atoms with Gasteiger partial charge in [0.05, 0.1) is 21.6 Å². The number of imidazole rings is 1. The molecule has 1 atom stereocenters. The topological polar surface area (TPSA) is 86.5 Å². The Morgan fingerprint density at radius 2 is 2.19 bits per heavy atom. The van der Waals surface area contributed by atoms with Crippen LogP contribution in [0.2, 0.25) is 5.02 Å². The second-order valence-corrected chi connectivity index (χ2v) is 6.59. The first-order valence-corrected chi connectivity index (χ1v) is 8.85. The lowest BCUT2D eigenvalue weighted by atomic mass is 10.2. The third-order valence-corrected chi connectivity index (χ3v) is 4.54. The van der Waals surface area contributed by atoms with Gasteiger partial charge in [0, 0.05) is 30.2 Å². The molecule has 0 bridgehead atoms. The van der Waals surface area contributed by atoms with Gasteiger partial charge in [-0.25, -0.2) is 9.97 Å². The third kappa shape index (κ3) is 3.50. The van der Waals surface area contributed by atoms with Crippen molar-refractivity contribution in [1.82, 2.24) is 25.3 Å². The van der Waals surface area contributed by atoms with Crippen LogP contribution in [0, 0.1) is 11.8 Å². The summed E-state index contributed by atoms with van der Waals surface area (Å²) in [6.45, 7) is 1.89. The van der Waals surface area contributed by atoms with Crippen molar-refractivity contribution >= 4 is 39.6 Å². The number of hydrogen-bond acceptors (Lipinski definition) is 3. The van der Waals surface area contributed by atoms with E-state index in [0.717, 1.165) is 22.1 Å². The van der Waals surface area contributed by atoms with E-state index in [4.69, 9.17) is 11.6 Å². The zero-order valence-electron chi connectivity index (χ0n) is 14.5. The lowest BCUT2D eigenvalue weighted by molar-refractivity contribution is 0.0931. The summed E-state index contributed by atoms with van der Waals surface area (Å²) in [5.41, 5.74) is 2.99. The van der Waals surface area contributed by atoms with Crippen LogP contribution in [0.5, 0.6) is 0 Å². The molecule has 4 rings (SSSR count). The Hall–Kier alpha value is -3.30. The first kappa shape index (κ1) is 17.1. The molecule has 3 heterocycles. The molecule has 1 amide bonds. The second kappa shape index (κ2) is 7.14. The van der Waals surface area contributed by atoms with Crippen molar-refractivity contribution < 1.29 is 4.79 Å². The number of fused-ring (bicyclic) bond motifs is 2. The van der Waals surface area contributed by atoms with Crippen LogP contribution in [0.15, 0.2) is 42.7 Å². The number of amides is 1. The molecule has 0 radical (unpaired) electrons. The van der Waals surface area contributed by atoms with E-state index in [1.165, 1.54) is 0 Å². The first-order valence-electron chi connectivity index (χ1n) is 8.48. The summed E-state index contributed by atoms with van der Waals surface area (Å²) in [7, 11) is 0. The predicted molar refractivity (Wildman–Crippen MR) is 106 cm³/mol. The number of rotatable bonds is 3. The predicted octanol–water partition coefficient (Wildman–Crippen LogP) is 3.65. The van der Waals surface area contributed by atoms with Crippen LogP contribution in [0.4, 0.5) is 0 Å². The van der Waals surface area contributed by atoms with Gasteiger partial charge in [0.2, 0.25) is 0 Å². The smallest absolute Gasteiger partial charge is 0.287 e. The van der Waals surface area contributed by atoms with E-state index in [0.29, 0.717) is 22.8 Å². The van der Waals surface area contributed by atoms with Gasteiger partial charge in [0.25, 0.3) is 5.91 Å². The largest absolute Gasteiger partial charge is 0.346 e. The van der Waals surface area contributed by atoms with Gasteiger partial charge in [-0.15, -0.1) is 0 Å². The number of nitrogens with zero attached hydrogens (tertiary/aromatic N) is 2. The Bertz CT molecular complexity index is 1160. The van der Waals surface area contributed by atoms with Crippen molar-refractivity contribution in [3.8, 4) is 11.8 Å². The molecule has 1 aromatic carbocycles. The van der Waals surface area contributed by atoms with Gasteiger partial charge in [0.15, 0.2) is 5.82 Å². The van der Waals surface area contributed by atoms with Crippen LogP contribution < -0.4 is 5.32 Å². The van der Waals surface area contributed by atoms with Gasteiger partial charge in [0.1, 0.15) is 5.65 Å². The first-order chi connectivity index (χ1) is 13.1. The maximum Gasteiger partial charge on any atom is 0.287 e. The van der Waals surface area contributed by atoms with Crippen LogP contribution >= 0.6 is 11.6 Å². The Morgan fingerprint density at radius 3 is 3.04 bits per heavy atom. The van der Waals surface area contributed by atoms with Gasteiger partial charge in [-0.2, -0.15) is 0 Å². The lowest BCUT2D eigenvalue weighted by Gasteiger charge is -2.08. The number of H-pyrrole nitrogens is 2. The fraction of sp³-hybridized carbons (Fsp3) is 0.150. The van der Waals surface area contributed by atoms with Crippen molar-refractivity contribution in [1.29, 1.82) is 0 Å². The minimum absolute atomic E-state index is 0.138. The van der Waals surface area contributed by atoms with E-state index in [-0.39, 0.29) is 11.9 Å². The number of halogens is 1. The summed E-state index contributed by atoms with van der Waals surface area (Å²) in [5, 5.41) is 4.31. The molecule has 0 unspecified atom stereocenters. The van der Waals surface area contributed by atoms with Crippen LogP contribution in [0.25, 0.3) is 22.1 Å². The van der Waals surface area contributed by atoms with Crippen molar-refractivity contribution in [2.45, 2.75) is 19.4 Å². The quantitative estimate of drug-likeness (QED) is 0.476. The zero-order chi connectivity index (χ0) is 18.8. The molecule has 4 aromatic rings. The summed E-state index contributed by atoms with van der Waals surface area (Å²) >= 11 is 6.36. The fourth-order valence-corrected chi connectivity index (χ4v) is 3.01. The number of carbonyl (C=O) groups excluding carboxylic acids is 1. The van der Waals surface area contributed by atoms with E-state index in [1.54, 1.807) is 12.4 Å². The summed E-state index contributed by atoms with van der Waals surface area (Å²) in [6, 6.07) is 9.25. The Balaban J connectivity index is 1.42. The van der Waals surface area contributed by atoms with E-state index in [9.17, 15) is 4.79 Å². The SMILES string of the molecule is C[C@@H](CC#Cc1cnc2[nH]ccc2c1Cl)NC(=O)c1nc2ccccc2[nH]1. The van der Waals surface area contributed by atoms with Gasteiger partial charge in [-0.1, -0.05) is 35.6 Å². The highest BCUT2D eigenvalue weighted by Gasteiger charge is 2.13. The number of carbonyl (C=O) groups is 1. The van der Waals surface area contributed by atoms with Crippen molar-refractivity contribution in [2.75, 3.05) is 0 Å². The standard InChI is InChI=1S/C20H16ClN5O/c1-12(24-20(27)19-25-15-7-2-3-8-16(15)26-19)5-4-6-13-11-23-18-14(17(13)21)9-10-22-18/h2-3,7-12H,5H2,1H3,(H,22,23)(H,24,27)(H,25,26)/t12-/m0/s1. The van der Waals surface area contributed by atoms with Crippen LogP contribution in [-0.4, -0.2) is 31.9 Å². The van der Waals surface area contributed by atoms with Crippen LogP contribution in [0.3, 0.4) is 0 Å². The van der Waals surface area contributed by atoms with Gasteiger partial charge in [-0.3, -0.25) is 4.79 Å². The maximum absolute atomic E-state index is 12.3. The summed E-state index contributed by atoms with van der Waals surface area (Å²) in [6.07, 6.45) is 3.91. The number of nitrogens with one attached hydrogen (secondary N) is 3. The molecule has 0 aliphatic carbocycles. The minimum Gasteiger partial charge on any atom is -0.346 e. The molecule has 0 spiro atoms. The molecule has 27 heavy (non-hydrogen) atoms. The molecule has 6 nitrogen and oxygen atoms in total.